The second-order valence-electron chi connectivity index (χ2n) is 5.53. The van der Waals surface area contributed by atoms with Crippen LogP contribution < -0.4 is 5.32 Å². The predicted octanol–water partition coefficient (Wildman–Crippen LogP) is 0.767. The Morgan fingerprint density at radius 3 is 2.09 bits per heavy atom. The van der Waals surface area contributed by atoms with Gasteiger partial charge in [-0.1, -0.05) is 0 Å². The lowest BCUT2D eigenvalue weighted by molar-refractivity contribution is 0.00814. The van der Waals surface area contributed by atoms with E-state index in [0.717, 1.165) is 7.05 Å². The van der Waals surface area contributed by atoms with Crippen LogP contribution in [-0.4, -0.2) is 75.5 Å². The van der Waals surface area contributed by atoms with Gasteiger partial charge >= 0.3 is 18.3 Å². The highest BCUT2D eigenvalue weighted by Crippen LogP contribution is 2.08. The predicted molar refractivity (Wildman–Crippen MR) is 75.4 cm³/mol. The third-order valence-corrected chi connectivity index (χ3v) is 2.45. The molecule has 4 N–H and O–H groups in total. The van der Waals surface area contributed by atoms with Gasteiger partial charge in [0.15, 0.2) is 0 Å². The van der Waals surface area contributed by atoms with E-state index in [0.29, 0.717) is 10.0 Å². The minimum absolute atomic E-state index is 0.0382. The van der Waals surface area contributed by atoms with Crippen molar-refractivity contribution >= 4 is 18.3 Å². The fourth-order valence-electron chi connectivity index (χ4n) is 1.48. The molecule has 0 saturated carbocycles. The minimum Gasteiger partial charge on any atom is -0.464 e. The molecule has 0 heterocycles. The highest BCUT2D eigenvalue weighted by molar-refractivity contribution is 5.72. The van der Waals surface area contributed by atoms with Crippen LogP contribution in [0.4, 0.5) is 14.4 Å². The number of nitrogens with zero attached hydrogens (tertiary/aromatic N) is 2. The Hall–Kier alpha value is -2.23. The number of hydrogen-bond donors (Lipinski definition) is 4. The van der Waals surface area contributed by atoms with Crippen molar-refractivity contribution in [2.45, 2.75) is 38.8 Å². The molecule has 0 rings (SSSR count). The Labute approximate surface area is 128 Å². The van der Waals surface area contributed by atoms with Gasteiger partial charge in [-0.2, -0.15) is 0 Å². The maximum absolute atomic E-state index is 11.7. The summed E-state index contributed by atoms with van der Waals surface area (Å²) in [6.45, 7) is 4.32. The minimum atomic E-state index is -1.50. The summed E-state index contributed by atoms with van der Waals surface area (Å²) in [4.78, 5) is 33.7. The molecular weight excluding hydrogens is 298 g/mol. The molecular formula is C12H23N3O7. The number of hydrazine groups is 1. The molecule has 0 aromatic heterocycles. The van der Waals surface area contributed by atoms with Crippen LogP contribution in [0.15, 0.2) is 0 Å². The third kappa shape index (κ3) is 7.53. The number of aliphatic hydroxyl groups excluding tert-OH is 1. The number of aliphatic hydroxyl groups is 1. The number of carboxylic acid groups (broad SMARTS) is 2. The van der Waals surface area contributed by atoms with Crippen LogP contribution >= 0.6 is 0 Å². The van der Waals surface area contributed by atoms with E-state index in [1.54, 1.807) is 20.8 Å². The van der Waals surface area contributed by atoms with Gasteiger partial charge in [0.1, 0.15) is 5.60 Å². The molecule has 1 atom stereocenters. The topological polar surface area (TPSA) is 140 Å². The third-order valence-electron chi connectivity index (χ3n) is 2.45. The van der Waals surface area contributed by atoms with Crippen LogP contribution in [0, 0.1) is 0 Å². The van der Waals surface area contributed by atoms with Gasteiger partial charge in [-0.05, 0) is 27.2 Å². The van der Waals surface area contributed by atoms with E-state index in [9.17, 15) is 14.4 Å². The molecule has 0 fully saturated rings. The van der Waals surface area contributed by atoms with Gasteiger partial charge in [0.25, 0.3) is 0 Å². The molecule has 0 spiro atoms. The van der Waals surface area contributed by atoms with Gasteiger partial charge in [0.05, 0.1) is 12.6 Å². The normalized spacial score (nSPS) is 12.2. The summed E-state index contributed by atoms with van der Waals surface area (Å²) in [5.41, 5.74) is -0.738. The molecule has 3 amide bonds. The van der Waals surface area contributed by atoms with Crippen LogP contribution in [0.3, 0.4) is 0 Å². The van der Waals surface area contributed by atoms with Gasteiger partial charge in [0.2, 0.25) is 0 Å². The summed E-state index contributed by atoms with van der Waals surface area (Å²) in [5.74, 6) is 0. The highest BCUT2D eigenvalue weighted by atomic mass is 16.6. The smallest absolute Gasteiger partial charge is 0.426 e. The van der Waals surface area contributed by atoms with E-state index >= 15 is 0 Å². The molecule has 0 aliphatic carbocycles. The van der Waals surface area contributed by atoms with Crippen molar-refractivity contribution in [3.63, 3.8) is 0 Å². The van der Waals surface area contributed by atoms with E-state index in [4.69, 9.17) is 20.1 Å². The summed E-state index contributed by atoms with van der Waals surface area (Å²) in [7, 11) is 1.06. The van der Waals surface area contributed by atoms with Crippen molar-refractivity contribution in [3.8, 4) is 0 Å². The Kier molecular flexibility index (Phi) is 7.43. The van der Waals surface area contributed by atoms with E-state index in [1.165, 1.54) is 0 Å². The number of carbonyl (C=O) groups is 3. The van der Waals surface area contributed by atoms with E-state index in [-0.39, 0.29) is 19.6 Å². The number of rotatable bonds is 5. The number of ether oxygens (including phenoxy) is 1. The second-order valence-corrected chi connectivity index (χ2v) is 5.53. The molecule has 0 aromatic carbocycles. The number of nitrogens with one attached hydrogen (secondary N) is 1. The highest BCUT2D eigenvalue weighted by Gasteiger charge is 2.27. The number of alkyl carbamates (subject to hydrolysis) is 1. The number of hydrogen-bond acceptors (Lipinski definition) is 5. The number of amides is 3. The zero-order valence-electron chi connectivity index (χ0n) is 13.1. The second kappa shape index (κ2) is 8.27. The van der Waals surface area contributed by atoms with Crippen molar-refractivity contribution in [1.29, 1.82) is 0 Å². The van der Waals surface area contributed by atoms with Crippen LogP contribution in [-0.2, 0) is 4.74 Å². The van der Waals surface area contributed by atoms with Gasteiger partial charge in [-0.25, -0.2) is 24.4 Å². The molecule has 0 aromatic rings. The largest absolute Gasteiger partial charge is 0.464 e. The van der Waals surface area contributed by atoms with Gasteiger partial charge in [-0.3, -0.25) is 0 Å². The molecule has 0 radical (unpaired) electrons. The molecule has 0 aliphatic heterocycles. The molecule has 22 heavy (non-hydrogen) atoms. The molecule has 0 saturated heterocycles. The first-order valence-electron chi connectivity index (χ1n) is 6.55. The Morgan fingerprint density at radius 2 is 1.73 bits per heavy atom. The van der Waals surface area contributed by atoms with Gasteiger partial charge < -0.3 is 25.4 Å². The monoisotopic (exact) mass is 321 g/mol. The molecule has 0 unspecified atom stereocenters. The van der Waals surface area contributed by atoms with Crippen molar-refractivity contribution < 1.29 is 34.4 Å². The summed E-state index contributed by atoms with van der Waals surface area (Å²) in [5, 5.41) is 30.3. The van der Waals surface area contributed by atoms with E-state index < -0.39 is 29.9 Å². The fourth-order valence-corrected chi connectivity index (χ4v) is 1.48. The average Bonchev–Trinajstić information content (AvgIpc) is 2.32. The Morgan fingerprint density at radius 1 is 1.18 bits per heavy atom. The van der Waals surface area contributed by atoms with Crippen LogP contribution in [0.1, 0.15) is 27.2 Å². The Bertz CT molecular complexity index is 408. The first-order chi connectivity index (χ1) is 9.97. The van der Waals surface area contributed by atoms with E-state index in [2.05, 4.69) is 5.32 Å². The summed E-state index contributed by atoms with van der Waals surface area (Å²) in [6.07, 6.45) is -3.72. The quantitative estimate of drug-likeness (QED) is 0.548. The first kappa shape index (κ1) is 19.8. The number of carbonyl (C=O) groups excluding carboxylic acids is 1. The Balaban J connectivity index is 4.89. The average molecular weight is 321 g/mol. The van der Waals surface area contributed by atoms with Crippen molar-refractivity contribution in [2.24, 2.45) is 0 Å². The van der Waals surface area contributed by atoms with Gasteiger partial charge in [0, 0.05) is 13.7 Å². The lowest BCUT2D eigenvalue weighted by atomic mass is 10.2. The van der Waals surface area contributed by atoms with Crippen LogP contribution in [0.25, 0.3) is 0 Å². The summed E-state index contributed by atoms with van der Waals surface area (Å²) in [6, 6.07) is -0.808. The summed E-state index contributed by atoms with van der Waals surface area (Å²) < 4.78 is 5.04. The molecule has 0 aliphatic rings. The van der Waals surface area contributed by atoms with Crippen molar-refractivity contribution in [2.75, 3.05) is 20.2 Å². The lowest BCUT2D eigenvalue weighted by Gasteiger charge is -2.31. The fraction of sp³-hybridized carbons (Fsp3) is 0.750. The molecule has 10 nitrogen and oxygen atoms in total. The molecule has 128 valence electrons. The first-order valence-corrected chi connectivity index (χ1v) is 6.55. The maximum Gasteiger partial charge on any atom is 0.426 e. The molecule has 0 bridgehead atoms. The SMILES string of the molecule is CN(C(=O)O)N(C[C@@H](CCO)NC(=O)OC(C)(C)C)C(=O)O. The molecule has 10 heteroatoms. The van der Waals surface area contributed by atoms with Crippen molar-refractivity contribution in [3.05, 3.63) is 0 Å². The van der Waals surface area contributed by atoms with E-state index in [1.807, 2.05) is 0 Å². The summed E-state index contributed by atoms with van der Waals surface area (Å²) >= 11 is 0. The van der Waals surface area contributed by atoms with Crippen LogP contribution in [0.2, 0.25) is 0 Å². The zero-order chi connectivity index (χ0) is 17.5. The lowest BCUT2D eigenvalue weighted by Crippen LogP contribution is -2.53. The van der Waals surface area contributed by atoms with Crippen molar-refractivity contribution in [1.82, 2.24) is 15.3 Å². The zero-order valence-corrected chi connectivity index (χ0v) is 13.1. The standard InChI is InChI=1S/C12H23N3O7/c1-12(2,3)22-9(17)13-8(5-6-16)7-15(11(20)21)14(4)10(18)19/h8,16H,5-7H2,1-4H3,(H,13,17)(H,18,19)(H,20,21)/t8-/m1/s1. The van der Waals surface area contributed by atoms with Crippen LogP contribution in [0.5, 0.6) is 0 Å². The van der Waals surface area contributed by atoms with Gasteiger partial charge in [-0.15, -0.1) is 0 Å². The maximum atomic E-state index is 11.7.